The Bertz CT molecular complexity index is 836. The normalized spacial score (nSPS) is 12.0. The van der Waals surface area contributed by atoms with E-state index < -0.39 is 9.84 Å². The van der Waals surface area contributed by atoms with Gasteiger partial charge in [0.25, 0.3) is 0 Å². The minimum Gasteiger partial charge on any atom is -0.361 e. The van der Waals surface area contributed by atoms with Gasteiger partial charge in [-0.1, -0.05) is 0 Å². The van der Waals surface area contributed by atoms with Crippen LogP contribution in [0.15, 0.2) is 29.4 Å². The van der Waals surface area contributed by atoms with E-state index >= 15 is 0 Å². The molecule has 0 atom stereocenters. The highest BCUT2D eigenvalue weighted by Crippen LogP contribution is 2.19. The van der Waals surface area contributed by atoms with Crippen LogP contribution in [0, 0.1) is 5.82 Å². The molecular formula is C17H26FIN4O2S. The number of hydrogen-bond acceptors (Lipinski definition) is 3. The molecule has 6 nitrogen and oxygen atoms in total. The van der Waals surface area contributed by atoms with Crippen molar-refractivity contribution in [2.45, 2.75) is 19.8 Å². The molecule has 0 radical (unpaired) electrons. The summed E-state index contributed by atoms with van der Waals surface area (Å²) in [7, 11) is -2.95. The van der Waals surface area contributed by atoms with Crippen molar-refractivity contribution in [3.63, 3.8) is 0 Å². The summed E-state index contributed by atoms with van der Waals surface area (Å²) >= 11 is 0. The van der Waals surface area contributed by atoms with E-state index in [4.69, 9.17) is 0 Å². The molecule has 1 aromatic carbocycles. The number of H-pyrrole nitrogens is 1. The third kappa shape index (κ3) is 7.48. The van der Waals surface area contributed by atoms with Gasteiger partial charge in [-0.3, -0.25) is 4.99 Å². The molecule has 0 fully saturated rings. The number of nitrogens with one attached hydrogen (secondary N) is 3. The third-order valence-corrected chi connectivity index (χ3v) is 4.73. The second kappa shape index (κ2) is 10.7. The van der Waals surface area contributed by atoms with E-state index in [1.807, 2.05) is 13.1 Å². The maximum absolute atomic E-state index is 13.2. The summed E-state index contributed by atoms with van der Waals surface area (Å²) in [6.45, 7) is 3.82. The van der Waals surface area contributed by atoms with E-state index in [1.54, 1.807) is 6.07 Å². The molecule has 2 rings (SSSR count). The molecule has 26 heavy (non-hydrogen) atoms. The molecule has 0 saturated heterocycles. The fourth-order valence-corrected chi connectivity index (χ4v) is 3.19. The van der Waals surface area contributed by atoms with Crippen LogP contribution >= 0.6 is 24.0 Å². The highest BCUT2D eigenvalue weighted by atomic mass is 127. The minimum atomic E-state index is -2.95. The van der Waals surface area contributed by atoms with Gasteiger partial charge in [-0.2, -0.15) is 0 Å². The molecule has 0 aliphatic rings. The molecule has 0 spiro atoms. The molecule has 0 aliphatic carbocycles. The fraction of sp³-hybridized carbons (Fsp3) is 0.471. The van der Waals surface area contributed by atoms with Gasteiger partial charge in [0.2, 0.25) is 0 Å². The highest BCUT2D eigenvalue weighted by molar-refractivity contribution is 14.0. The van der Waals surface area contributed by atoms with Crippen LogP contribution in [-0.2, 0) is 16.3 Å². The summed E-state index contributed by atoms with van der Waals surface area (Å²) in [6, 6.07) is 4.72. The van der Waals surface area contributed by atoms with E-state index in [9.17, 15) is 12.8 Å². The lowest BCUT2D eigenvalue weighted by molar-refractivity contribution is 0.599. The van der Waals surface area contributed by atoms with E-state index in [1.165, 1.54) is 18.4 Å². The average Bonchev–Trinajstić information content (AvgIpc) is 2.92. The highest BCUT2D eigenvalue weighted by Gasteiger charge is 2.05. The number of guanidine groups is 1. The number of hydrogen-bond donors (Lipinski definition) is 3. The van der Waals surface area contributed by atoms with Crippen LogP contribution in [-0.4, -0.2) is 51.0 Å². The molecule has 0 saturated carbocycles. The van der Waals surface area contributed by atoms with Crippen molar-refractivity contribution in [1.29, 1.82) is 0 Å². The van der Waals surface area contributed by atoms with Crippen LogP contribution in [0.3, 0.4) is 0 Å². The minimum absolute atomic E-state index is 0. The quantitative estimate of drug-likeness (QED) is 0.227. The standard InChI is InChI=1S/C17H25FN4O2S.HI/c1-3-19-17(20-8-4-10-25(2,23)24)21-9-7-13-12-22-16-11-14(18)5-6-15(13)16;/h5-6,11-12,22H,3-4,7-10H2,1-2H3,(H2,19,20,21);1H. The van der Waals surface area contributed by atoms with Gasteiger partial charge in [-0.25, -0.2) is 12.8 Å². The number of sulfone groups is 1. The van der Waals surface area contributed by atoms with Gasteiger partial charge in [-0.05, 0) is 43.5 Å². The molecule has 1 aromatic heterocycles. The van der Waals surface area contributed by atoms with Crippen molar-refractivity contribution >= 4 is 50.7 Å². The van der Waals surface area contributed by atoms with Crippen LogP contribution in [0.4, 0.5) is 4.39 Å². The second-order valence-corrected chi connectivity index (χ2v) is 8.18. The van der Waals surface area contributed by atoms with E-state index in [0.717, 1.165) is 29.4 Å². The zero-order valence-electron chi connectivity index (χ0n) is 15.0. The lowest BCUT2D eigenvalue weighted by Crippen LogP contribution is -2.38. The number of aromatic amines is 1. The molecular weight excluding hydrogens is 470 g/mol. The van der Waals surface area contributed by atoms with Crippen LogP contribution < -0.4 is 10.6 Å². The molecule has 0 aliphatic heterocycles. The lowest BCUT2D eigenvalue weighted by Gasteiger charge is -2.11. The first-order valence-corrected chi connectivity index (χ1v) is 10.4. The first-order valence-electron chi connectivity index (χ1n) is 8.34. The Hall–Kier alpha value is -1.36. The van der Waals surface area contributed by atoms with Crippen molar-refractivity contribution in [3.8, 4) is 0 Å². The number of aliphatic imine (C=N–C) groups is 1. The topological polar surface area (TPSA) is 86.3 Å². The molecule has 2 aromatic rings. The van der Waals surface area contributed by atoms with Crippen LogP contribution in [0.25, 0.3) is 10.9 Å². The first kappa shape index (κ1) is 22.7. The Balaban J connectivity index is 0.00000338. The van der Waals surface area contributed by atoms with Crippen LogP contribution in [0.5, 0.6) is 0 Å². The molecule has 146 valence electrons. The largest absolute Gasteiger partial charge is 0.361 e. The maximum atomic E-state index is 13.2. The molecule has 3 N–H and O–H groups in total. The summed E-state index contributed by atoms with van der Waals surface area (Å²) in [5.41, 5.74) is 1.90. The van der Waals surface area contributed by atoms with Crippen molar-refractivity contribution in [2.75, 3.05) is 31.6 Å². The number of nitrogens with zero attached hydrogens (tertiary/aromatic N) is 1. The number of aromatic nitrogens is 1. The van der Waals surface area contributed by atoms with E-state index in [-0.39, 0.29) is 35.5 Å². The van der Waals surface area contributed by atoms with Gasteiger partial charge < -0.3 is 15.6 Å². The number of benzene rings is 1. The fourth-order valence-electron chi connectivity index (χ4n) is 2.54. The van der Waals surface area contributed by atoms with Gasteiger partial charge in [0.15, 0.2) is 5.96 Å². The first-order chi connectivity index (χ1) is 11.9. The SMILES string of the molecule is CCNC(=NCCCS(C)(=O)=O)NCCc1c[nH]c2cc(F)ccc12.I. The van der Waals surface area contributed by atoms with E-state index in [2.05, 4.69) is 20.6 Å². The van der Waals surface area contributed by atoms with Gasteiger partial charge in [0.05, 0.1) is 5.75 Å². The van der Waals surface area contributed by atoms with Crippen LogP contribution in [0.2, 0.25) is 0 Å². The van der Waals surface area contributed by atoms with Crippen molar-refractivity contribution in [1.82, 2.24) is 15.6 Å². The zero-order valence-corrected chi connectivity index (χ0v) is 18.2. The Morgan fingerprint density at radius 1 is 1.31 bits per heavy atom. The Kier molecular flexibility index (Phi) is 9.34. The van der Waals surface area contributed by atoms with Gasteiger partial charge >= 0.3 is 0 Å². The second-order valence-electron chi connectivity index (χ2n) is 5.92. The lowest BCUT2D eigenvalue weighted by atomic mass is 10.1. The molecule has 9 heteroatoms. The third-order valence-electron chi connectivity index (χ3n) is 3.70. The molecule has 0 bridgehead atoms. The molecule has 1 heterocycles. The maximum Gasteiger partial charge on any atom is 0.191 e. The van der Waals surface area contributed by atoms with E-state index in [0.29, 0.717) is 25.5 Å². The van der Waals surface area contributed by atoms with Crippen molar-refractivity contribution in [2.24, 2.45) is 4.99 Å². The summed E-state index contributed by atoms with van der Waals surface area (Å²) in [6.07, 6.45) is 4.39. The predicted octanol–water partition coefficient (Wildman–Crippen LogP) is 2.46. The predicted molar refractivity (Wildman–Crippen MR) is 116 cm³/mol. The Morgan fingerprint density at radius 2 is 2.08 bits per heavy atom. The summed E-state index contributed by atoms with van der Waals surface area (Å²) < 4.78 is 35.5. The number of fused-ring (bicyclic) bond motifs is 1. The van der Waals surface area contributed by atoms with Crippen LogP contribution in [0.1, 0.15) is 18.9 Å². The van der Waals surface area contributed by atoms with Gasteiger partial charge in [0.1, 0.15) is 15.7 Å². The summed E-state index contributed by atoms with van der Waals surface area (Å²) in [4.78, 5) is 7.46. The van der Waals surface area contributed by atoms with Crippen molar-refractivity contribution < 1.29 is 12.8 Å². The van der Waals surface area contributed by atoms with Crippen molar-refractivity contribution in [3.05, 3.63) is 35.8 Å². The smallest absolute Gasteiger partial charge is 0.191 e. The number of rotatable bonds is 8. The monoisotopic (exact) mass is 496 g/mol. The Labute approximate surface area is 171 Å². The summed E-state index contributed by atoms with van der Waals surface area (Å²) in [5.74, 6) is 0.554. The number of halogens is 2. The van der Waals surface area contributed by atoms with Gasteiger partial charge in [-0.15, -0.1) is 24.0 Å². The summed E-state index contributed by atoms with van der Waals surface area (Å²) in [5, 5.41) is 7.38. The average molecular weight is 496 g/mol. The van der Waals surface area contributed by atoms with Gasteiger partial charge in [0, 0.05) is 43.0 Å². The zero-order chi connectivity index (χ0) is 18.3. The Morgan fingerprint density at radius 3 is 2.77 bits per heavy atom. The molecule has 0 unspecified atom stereocenters. The molecule has 0 amide bonds.